The molecule has 1 saturated heterocycles. The van der Waals surface area contributed by atoms with Gasteiger partial charge in [-0.25, -0.2) is 0 Å². The zero-order valence-electron chi connectivity index (χ0n) is 11.6. The van der Waals surface area contributed by atoms with Crippen LogP contribution in [0.25, 0.3) is 10.9 Å². The zero-order chi connectivity index (χ0) is 13.4. The fourth-order valence-electron chi connectivity index (χ4n) is 3.17. The molecular formula is C16H20N2O. The number of hydrogen-bond acceptors (Lipinski definition) is 2. The number of fused-ring (bicyclic) bond motifs is 1. The predicted octanol–water partition coefficient (Wildman–Crippen LogP) is 2.67. The summed E-state index contributed by atoms with van der Waals surface area (Å²) >= 11 is 0. The first kappa shape index (κ1) is 12.4. The number of piperidine rings is 1. The number of Topliss-reactive ketones (excluding diaryl/α,β-unsaturated/α-hetero) is 1. The van der Waals surface area contributed by atoms with E-state index in [1.807, 2.05) is 19.3 Å². The van der Waals surface area contributed by atoms with Gasteiger partial charge >= 0.3 is 0 Å². The number of nitrogens with zero attached hydrogens (tertiary/aromatic N) is 1. The molecular weight excluding hydrogens is 236 g/mol. The van der Waals surface area contributed by atoms with Crippen LogP contribution in [0.2, 0.25) is 0 Å². The van der Waals surface area contributed by atoms with E-state index < -0.39 is 0 Å². The van der Waals surface area contributed by atoms with Crippen molar-refractivity contribution in [3.8, 4) is 0 Å². The van der Waals surface area contributed by atoms with Crippen LogP contribution in [-0.2, 0) is 7.05 Å². The molecule has 0 aliphatic carbocycles. The lowest BCUT2D eigenvalue weighted by Crippen LogP contribution is -2.31. The maximum atomic E-state index is 12.7. The van der Waals surface area contributed by atoms with E-state index in [1.165, 1.54) is 11.1 Å². The van der Waals surface area contributed by atoms with Crippen LogP contribution in [0.15, 0.2) is 24.4 Å². The Balaban J connectivity index is 2.05. The molecule has 0 unspecified atom stereocenters. The maximum absolute atomic E-state index is 12.7. The zero-order valence-corrected chi connectivity index (χ0v) is 11.6. The van der Waals surface area contributed by atoms with Crippen molar-refractivity contribution in [1.29, 1.82) is 0 Å². The number of aryl methyl sites for hydroxylation is 2. The first-order valence-electron chi connectivity index (χ1n) is 6.98. The third kappa shape index (κ3) is 2.08. The Morgan fingerprint density at radius 1 is 1.32 bits per heavy atom. The molecule has 1 fully saturated rings. The molecule has 0 atom stereocenters. The van der Waals surface area contributed by atoms with Crippen LogP contribution in [0.3, 0.4) is 0 Å². The largest absolute Gasteiger partial charge is 0.350 e. The van der Waals surface area contributed by atoms with Gasteiger partial charge in [0.1, 0.15) is 0 Å². The summed E-state index contributed by atoms with van der Waals surface area (Å²) in [6.45, 7) is 4.02. The summed E-state index contributed by atoms with van der Waals surface area (Å²) in [4.78, 5) is 12.7. The van der Waals surface area contributed by atoms with Crippen molar-refractivity contribution < 1.29 is 4.79 Å². The van der Waals surface area contributed by atoms with Crippen LogP contribution in [0.4, 0.5) is 0 Å². The van der Waals surface area contributed by atoms with Gasteiger partial charge in [0.05, 0.1) is 5.52 Å². The quantitative estimate of drug-likeness (QED) is 0.838. The molecule has 0 saturated carbocycles. The number of nitrogens with one attached hydrogen (secondary N) is 1. The van der Waals surface area contributed by atoms with Crippen LogP contribution in [0, 0.1) is 12.8 Å². The van der Waals surface area contributed by atoms with Gasteiger partial charge < -0.3 is 9.88 Å². The lowest BCUT2D eigenvalue weighted by atomic mass is 9.89. The Morgan fingerprint density at radius 2 is 2.05 bits per heavy atom. The molecule has 0 spiro atoms. The van der Waals surface area contributed by atoms with Crippen molar-refractivity contribution in [3.05, 3.63) is 35.5 Å². The van der Waals surface area contributed by atoms with E-state index in [0.29, 0.717) is 5.78 Å². The summed E-state index contributed by atoms with van der Waals surface area (Å²) in [5, 5.41) is 4.42. The number of carbonyl (C=O) groups excluding carboxylic acids is 1. The second-order valence-electron chi connectivity index (χ2n) is 5.51. The van der Waals surface area contributed by atoms with E-state index in [9.17, 15) is 4.79 Å². The lowest BCUT2D eigenvalue weighted by Gasteiger charge is -2.21. The smallest absolute Gasteiger partial charge is 0.168 e. The highest BCUT2D eigenvalue weighted by molar-refractivity contribution is 6.09. The van der Waals surface area contributed by atoms with Gasteiger partial charge in [0.25, 0.3) is 0 Å². The maximum Gasteiger partial charge on any atom is 0.168 e. The normalized spacial score (nSPS) is 16.9. The van der Waals surface area contributed by atoms with E-state index in [0.717, 1.165) is 36.9 Å². The Bertz CT molecular complexity index is 621. The summed E-state index contributed by atoms with van der Waals surface area (Å²) in [6, 6.07) is 6.20. The molecule has 1 aromatic heterocycles. The van der Waals surface area contributed by atoms with E-state index >= 15 is 0 Å². The molecule has 1 aliphatic heterocycles. The third-order valence-electron chi connectivity index (χ3n) is 4.18. The topological polar surface area (TPSA) is 34.0 Å². The molecule has 2 heterocycles. The molecule has 0 amide bonds. The van der Waals surface area contributed by atoms with Crippen molar-refractivity contribution in [2.45, 2.75) is 19.8 Å². The first-order valence-corrected chi connectivity index (χ1v) is 6.98. The molecule has 1 aliphatic rings. The van der Waals surface area contributed by atoms with Gasteiger partial charge in [-0.1, -0.05) is 18.2 Å². The highest BCUT2D eigenvalue weighted by atomic mass is 16.1. The average molecular weight is 256 g/mol. The van der Waals surface area contributed by atoms with Crippen molar-refractivity contribution in [2.24, 2.45) is 13.0 Å². The minimum Gasteiger partial charge on any atom is -0.350 e. The fraction of sp³-hybridized carbons (Fsp3) is 0.438. The molecule has 1 aromatic carbocycles. The predicted molar refractivity (Wildman–Crippen MR) is 77.6 cm³/mol. The number of aromatic nitrogens is 1. The molecule has 3 rings (SSSR count). The molecule has 1 N–H and O–H groups in total. The molecule has 100 valence electrons. The average Bonchev–Trinajstić information content (AvgIpc) is 2.78. The molecule has 2 aromatic rings. The van der Waals surface area contributed by atoms with Gasteiger partial charge in [-0.15, -0.1) is 0 Å². The van der Waals surface area contributed by atoms with Gasteiger partial charge in [-0.3, -0.25) is 4.79 Å². The van der Waals surface area contributed by atoms with Crippen LogP contribution in [0.1, 0.15) is 28.8 Å². The van der Waals surface area contributed by atoms with Crippen molar-refractivity contribution in [2.75, 3.05) is 13.1 Å². The van der Waals surface area contributed by atoms with Crippen molar-refractivity contribution in [1.82, 2.24) is 9.88 Å². The molecule has 19 heavy (non-hydrogen) atoms. The number of hydrogen-bond donors (Lipinski definition) is 1. The Hall–Kier alpha value is -1.61. The van der Waals surface area contributed by atoms with Crippen molar-refractivity contribution >= 4 is 16.7 Å². The van der Waals surface area contributed by atoms with Crippen molar-refractivity contribution in [3.63, 3.8) is 0 Å². The number of para-hydroxylation sites is 1. The number of rotatable bonds is 2. The van der Waals surface area contributed by atoms with E-state index in [2.05, 4.69) is 28.9 Å². The second-order valence-corrected chi connectivity index (χ2v) is 5.51. The summed E-state index contributed by atoms with van der Waals surface area (Å²) in [7, 11) is 2.02. The highest BCUT2D eigenvalue weighted by Crippen LogP contribution is 2.27. The number of benzene rings is 1. The summed E-state index contributed by atoms with van der Waals surface area (Å²) in [5.74, 6) is 0.505. The third-order valence-corrected chi connectivity index (χ3v) is 4.18. The second kappa shape index (κ2) is 4.82. The number of carbonyl (C=O) groups is 1. The van der Waals surface area contributed by atoms with Gasteiger partial charge in [0, 0.05) is 30.1 Å². The van der Waals surface area contributed by atoms with E-state index in [4.69, 9.17) is 0 Å². The van der Waals surface area contributed by atoms with Crippen LogP contribution in [-0.4, -0.2) is 23.4 Å². The molecule has 0 radical (unpaired) electrons. The SMILES string of the molecule is Cc1cccc2c(C(=O)C3CCNCC3)cn(C)c12. The number of ketones is 1. The summed E-state index contributed by atoms with van der Waals surface area (Å²) in [5.41, 5.74) is 3.30. The van der Waals surface area contributed by atoms with Crippen LogP contribution in [0.5, 0.6) is 0 Å². The molecule has 0 bridgehead atoms. The first-order chi connectivity index (χ1) is 9.18. The van der Waals surface area contributed by atoms with Gasteiger partial charge in [0.2, 0.25) is 0 Å². The monoisotopic (exact) mass is 256 g/mol. The lowest BCUT2D eigenvalue weighted by molar-refractivity contribution is 0.0896. The Labute approximate surface area is 113 Å². The van der Waals surface area contributed by atoms with Crippen LogP contribution >= 0.6 is 0 Å². The minimum absolute atomic E-state index is 0.187. The fourth-order valence-corrected chi connectivity index (χ4v) is 3.17. The van der Waals surface area contributed by atoms with Gasteiger partial charge in [-0.2, -0.15) is 0 Å². The van der Waals surface area contributed by atoms with Crippen LogP contribution < -0.4 is 5.32 Å². The molecule has 3 nitrogen and oxygen atoms in total. The Kier molecular flexibility index (Phi) is 3.15. The minimum atomic E-state index is 0.187. The summed E-state index contributed by atoms with van der Waals surface area (Å²) < 4.78 is 2.08. The summed E-state index contributed by atoms with van der Waals surface area (Å²) in [6.07, 6.45) is 3.92. The van der Waals surface area contributed by atoms with Gasteiger partial charge in [0.15, 0.2) is 5.78 Å². The molecule has 3 heteroatoms. The standard InChI is InChI=1S/C16H20N2O/c1-11-4-3-5-13-14(10-18(2)15(11)13)16(19)12-6-8-17-9-7-12/h3-5,10,12,17H,6-9H2,1-2H3. The Morgan fingerprint density at radius 3 is 2.79 bits per heavy atom. The van der Waals surface area contributed by atoms with Gasteiger partial charge in [-0.05, 0) is 38.4 Å². The van der Waals surface area contributed by atoms with E-state index in [-0.39, 0.29) is 5.92 Å². The highest BCUT2D eigenvalue weighted by Gasteiger charge is 2.25. The van der Waals surface area contributed by atoms with E-state index in [1.54, 1.807) is 0 Å².